The van der Waals surface area contributed by atoms with Gasteiger partial charge in [0.1, 0.15) is 0 Å². The summed E-state index contributed by atoms with van der Waals surface area (Å²) in [5.41, 5.74) is 3.60. The summed E-state index contributed by atoms with van der Waals surface area (Å²) in [4.78, 5) is 24.4. The Morgan fingerprint density at radius 2 is 2.12 bits per heavy atom. The van der Waals surface area contributed by atoms with Crippen molar-refractivity contribution in [3.63, 3.8) is 0 Å². The molecule has 0 fully saturated rings. The Bertz CT molecular complexity index is 947. The summed E-state index contributed by atoms with van der Waals surface area (Å²) < 4.78 is 0. The van der Waals surface area contributed by atoms with Crippen LogP contribution in [0.3, 0.4) is 0 Å². The number of aromatic nitrogens is 2. The summed E-state index contributed by atoms with van der Waals surface area (Å²) in [6.07, 6.45) is 3.25. The van der Waals surface area contributed by atoms with E-state index in [1.807, 2.05) is 42.5 Å². The summed E-state index contributed by atoms with van der Waals surface area (Å²) >= 11 is 0. The fraction of sp³-hybridized carbons (Fsp3) is 0.211. The number of hydrogen-bond donors (Lipinski definition) is 3. The molecule has 1 atom stereocenters. The Morgan fingerprint density at radius 1 is 1.24 bits per heavy atom. The van der Waals surface area contributed by atoms with Crippen LogP contribution in [0, 0.1) is 5.92 Å². The molecule has 0 spiro atoms. The standard InChI is InChI=1S/C19H18N4O2/c24-18(21-15-7-5-14-11-20-23-17(14)10-15)8-6-13-9-12-3-1-2-4-16(12)22-19(13)25/h1-5,7,10-11,13H,6,8-9H2,(H,20,23)(H,21,24)(H,22,25). The second-order valence-corrected chi connectivity index (χ2v) is 6.31. The first-order chi connectivity index (χ1) is 12.2. The van der Waals surface area contributed by atoms with E-state index in [0.29, 0.717) is 19.3 Å². The van der Waals surface area contributed by atoms with Crippen molar-refractivity contribution < 1.29 is 9.59 Å². The molecule has 2 aromatic carbocycles. The van der Waals surface area contributed by atoms with Crippen LogP contribution in [0.25, 0.3) is 10.9 Å². The maximum atomic E-state index is 12.2. The molecule has 3 aromatic rings. The third-order valence-corrected chi connectivity index (χ3v) is 4.56. The fourth-order valence-corrected chi connectivity index (χ4v) is 3.19. The van der Waals surface area contributed by atoms with Crippen LogP contribution >= 0.6 is 0 Å². The Labute approximate surface area is 144 Å². The number of carbonyl (C=O) groups is 2. The number of amides is 2. The first-order valence-corrected chi connectivity index (χ1v) is 8.31. The van der Waals surface area contributed by atoms with Crippen molar-refractivity contribution in [3.05, 3.63) is 54.2 Å². The second-order valence-electron chi connectivity index (χ2n) is 6.31. The van der Waals surface area contributed by atoms with E-state index in [0.717, 1.165) is 27.8 Å². The molecule has 0 bridgehead atoms. The molecule has 1 aliphatic heterocycles. The number of nitrogens with zero attached hydrogens (tertiary/aromatic N) is 1. The van der Waals surface area contributed by atoms with Gasteiger partial charge in [0.15, 0.2) is 0 Å². The van der Waals surface area contributed by atoms with Crippen molar-refractivity contribution in [1.82, 2.24) is 10.2 Å². The van der Waals surface area contributed by atoms with Gasteiger partial charge >= 0.3 is 0 Å². The van der Waals surface area contributed by atoms with Crippen LogP contribution in [0.1, 0.15) is 18.4 Å². The predicted octanol–water partition coefficient (Wildman–Crippen LogP) is 3.09. The zero-order chi connectivity index (χ0) is 17.2. The summed E-state index contributed by atoms with van der Waals surface area (Å²) in [5, 5.41) is 13.6. The van der Waals surface area contributed by atoms with Gasteiger partial charge in [0.2, 0.25) is 11.8 Å². The van der Waals surface area contributed by atoms with Crippen molar-refractivity contribution in [3.8, 4) is 0 Å². The normalized spacial score (nSPS) is 16.3. The molecule has 1 aliphatic rings. The molecule has 4 rings (SSSR count). The maximum Gasteiger partial charge on any atom is 0.227 e. The van der Waals surface area contributed by atoms with E-state index in [4.69, 9.17) is 0 Å². The summed E-state index contributed by atoms with van der Waals surface area (Å²) in [6, 6.07) is 13.4. The highest BCUT2D eigenvalue weighted by molar-refractivity contribution is 5.97. The van der Waals surface area contributed by atoms with Crippen molar-refractivity contribution >= 4 is 34.1 Å². The topological polar surface area (TPSA) is 86.9 Å². The highest BCUT2D eigenvalue weighted by atomic mass is 16.2. The molecule has 0 aliphatic carbocycles. The quantitative estimate of drug-likeness (QED) is 0.685. The number of rotatable bonds is 4. The van der Waals surface area contributed by atoms with Gasteiger partial charge in [-0.05, 0) is 42.7 Å². The Hall–Kier alpha value is -3.15. The van der Waals surface area contributed by atoms with Crippen LogP contribution in [0.2, 0.25) is 0 Å². The van der Waals surface area contributed by atoms with Crippen LogP contribution in [0.4, 0.5) is 11.4 Å². The molecule has 1 aromatic heterocycles. The summed E-state index contributed by atoms with van der Waals surface area (Å²) in [7, 11) is 0. The van der Waals surface area contributed by atoms with Gasteiger partial charge in [0.05, 0.1) is 11.7 Å². The number of para-hydroxylation sites is 1. The first kappa shape index (κ1) is 15.4. The largest absolute Gasteiger partial charge is 0.326 e. The first-order valence-electron chi connectivity index (χ1n) is 8.31. The average Bonchev–Trinajstić information content (AvgIpc) is 3.07. The fourth-order valence-electron chi connectivity index (χ4n) is 3.19. The van der Waals surface area contributed by atoms with E-state index in [9.17, 15) is 9.59 Å². The van der Waals surface area contributed by atoms with Crippen molar-refractivity contribution in [1.29, 1.82) is 0 Å². The molecular formula is C19H18N4O2. The number of hydrogen-bond acceptors (Lipinski definition) is 3. The number of carbonyl (C=O) groups excluding carboxylic acids is 2. The highest BCUT2D eigenvalue weighted by Gasteiger charge is 2.26. The second kappa shape index (κ2) is 6.39. The van der Waals surface area contributed by atoms with E-state index < -0.39 is 0 Å². The van der Waals surface area contributed by atoms with E-state index >= 15 is 0 Å². The monoisotopic (exact) mass is 334 g/mol. The van der Waals surface area contributed by atoms with Gasteiger partial charge in [-0.3, -0.25) is 14.7 Å². The number of nitrogens with one attached hydrogen (secondary N) is 3. The Morgan fingerprint density at radius 3 is 3.04 bits per heavy atom. The molecule has 2 amide bonds. The van der Waals surface area contributed by atoms with Gasteiger partial charge in [-0.25, -0.2) is 0 Å². The van der Waals surface area contributed by atoms with Crippen LogP contribution in [0.5, 0.6) is 0 Å². The van der Waals surface area contributed by atoms with Gasteiger partial charge in [0.25, 0.3) is 0 Å². The van der Waals surface area contributed by atoms with E-state index in [1.54, 1.807) is 6.20 Å². The van der Waals surface area contributed by atoms with Gasteiger partial charge in [-0.15, -0.1) is 0 Å². The molecule has 2 heterocycles. The van der Waals surface area contributed by atoms with Gasteiger partial charge in [-0.2, -0.15) is 5.10 Å². The number of anilines is 2. The van der Waals surface area contributed by atoms with Crippen molar-refractivity contribution in [2.75, 3.05) is 10.6 Å². The zero-order valence-corrected chi connectivity index (χ0v) is 13.6. The van der Waals surface area contributed by atoms with E-state index in [-0.39, 0.29) is 17.7 Å². The van der Waals surface area contributed by atoms with Crippen molar-refractivity contribution in [2.45, 2.75) is 19.3 Å². The summed E-state index contributed by atoms with van der Waals surface area (Å²) in [6.45, 7) is 0. The smallest absolute Gasteiger partial charge is 0.227 e. The Kier molecular flexibility index (Phi) is 3.93. The van der Waals surface area contributed by atoms with Crippen molar-refractivity contribution in [2.24, 2.45) is 5.92 Å². The molecule has 0 saturated heterocycles. The average molecular weight is 334 g/mol. The van der Waals surface area contributed by atoms with E-state index in [2.05, 4.69) is 20.8 Å². The van der Waals surface area contributed by atoms with Crippen LogP contribution in [0.15, 0.2) is 48.7 Å². The zero-order valence-electron chi connectivity index (χ0n) is 13.6. The minimum absolute atomic E-state index is 0.00891. The third kappa shape index (κ3) is 3.24. The molecule has 126 valence electrons. The lowest BCUT2D eigenvalue weighted by Gasteiger charge is -2.24. The molecule has 0 radical (unpaired) electrons. The molecule has 0 saturated carbocycles. The van der Waals surface area contributed by atoms with Crippen LogP contribution in [-0.4, -0.2) is 22.0 Å². The lowest BCUT2D eigenvalue weighted by atomic mass is 9.89. The van der Waals surface area contributed by atoms with Crippen LogP contribution in [-0.2, 0) is 16.0 Å². The lowest BCUT2D eigenvalue weighted by Crippen LogP contribution is -2.30. The van der Waals surface area contributed by atoms with Crippen LogP contribution < -0.4 is 10.6 Å². The van der Waals surface area contributed by atoms with Gasteiger partial charge < -0.3 is 10.6 Å². The maximum absolute atomic E-state index is 12.2. The highest BCUT2D eigenvalue weighted by Crippen LogP contribution is 2.27. The molecule has 3 N–H and O–H groups in total. The SMILES string of the molecule is O=C(CCC1Cc2ccccc2NC1=O)Nc1ccc2cn[nH]c2c1. The third-order valence-electron chi connectivity index (χ3n) is 4.56. The molecule has 6 heteroatoms. The predicted molar refractivity (Wildman–Crippen MR) is 96.2 cm³/mol. The Balaban J connectivity index is 1.36. The summed E-state index contributed by atoms with van der Waals surface area (Å²) in [5.74, 6) is -0.272. The molecule has 6 nitrogen and oxygen atoms in total. The minimum Gasteiger partial charge on any atom is -0.326 e. The minimum atomic E-state index is -0.171. The molecule has 25 heavy (non-hydrogen) atoms. The number of H-pyrrole nitrogens is 1. The molecular weight excluding hydrogens is 316 g/mol. The number of aromatic amines is 1. The molecule has 1 unspecified atom stereocenters. The lowest BCUT2D eigenvalue weighted by molar-refractivity contribution is -0.121. The van der Waals surface area contributed by atoms with E-state index in [1.165, 1.54) is 0 Å². The van der Waals surface area contributed by atoms with Gasteiger partial charge in [0, 0.05) is 29.1 Å². The number of fused-ring (bicyclic) bond motifs is 2. The van der Waals surface area contributed by atoms with Gasteiger partial charge in [-0.1, -0.05) is 18.2 Å². The number of benzene rings is 2.